The molecule has 0 bridgehead atoms. The summed E-state index contributed by atoms with van der Waals surface area (Å²) in [6.07, 6.45) is 0. The number of benzene rings is 1. The zero-order chi connectivity index (χ0) is 15.4. The van der Waals surface area contributed by atoms with Crippen LogP contribution in [0, 0.1) is 0 Å². The molecule has 0 aliphatic rings. The van der Waals surface area contributed by atoms with Gasteiger partial charge in [0, 0.05) is 32.6 Å². The number of nitrogens with one attached hydrogen (secondary N) is 1. The molecule has 0 saturated heterocycles. The molecule has 0 radical (unpaired) electrons. The van der Waals surface area contributed by atoms with Crippen LogP contribution in [0.3, 0.4) is 0 Å². The van der Waals surface area contributed by atoms with E-state index in [0.29, 0.717) is 5.69 Å². The van der Waals surface area contributed by atoms with Gasteiger partial charge in [0.05, 0.1) is 6.04 Å². The van der Waals surface area contributed by atoms with E-state index in [9.17, 15) is 4.79 Å². The molecule has 0 aliphatic heterocycles. The van der Waals surface area contributed by atoms with Crippen LogP contribution in [0.4, 0.5) is 11.4 Å². The monoisotopic (exact) mass is 367 g/mol. The summed E-state index contributed by atoms with van der Waals surface area (Å²) < 4.78 is 1.08. The molecule has 21 heavy (non-hydrogen) atoms. The summed E-state index contributed by atoms with van der Waals surface area (Å²) in [5.74, 6) is -0.0297. The molecule has 6 heteroatoms. The van der Waals surface area contributed by atoms with Crippen molar-refractivity contribution >= 4 is 44.5 Å². The number of thiophene rings is 1. The summed E-state index contributed by atoms with van der Waals surface area (Å²) in [6, 6.07) is 9.00. The fourth-order valence-corrected chi connectivity index (χ4v) is 3.35. The highest BCUT2D eigenvalue weighted by atomic mass is 79.9. The molecule has 2 aromatic rings. The maximum absolute atomic E-state index is 12.2. The third-order valence-corrected chi connectivity index (χ3v) is 4.93. The van der Waals surface area contributed by atoms with Crippen molar-refractivity contribution in [1.82, 2.24) is 4.90 Å². The Hall–Kier alpha value is -1.37. The lowest BCUT2D eigenvalue weighted by atomic mass is 10.2. The van der Waals surface area contributed by atoms with Gasteiger partial charge in [-0.2, -0.15) is 0 Å². The maximum Gasteiger partial charge on any atom is 0.241 e. The Morgan fingerprint density at radius 2 is 2.10 bits per heavy atom. The van der Waals surface area contributed by atoms with Crippen LogP contribution in [0.5, 0.6) is 0 Å². The lowest BCUT2D eigenvalue weighted by Crippen LogP contribution is -2.39. The van der Waals surface area contributed by atoms with Crippen molar-refractivity contribution in [1.29, 1.82) is 0 Å². The maximum atomic E-state index is 12.2. The first-order valence-corrected chi connectivity index (χ1v) is 8.22. The highest BCUT2D eigenvalue weighted by Crippen LogP contribution is 2.21. The normalized spacial score (nSPS) is 12.4. The number of amides is 1. The number of halogens is 1. The second-order valence-corrected chi connectivity index (χ2v) is 6.85. The summed E-state index contributed by atoms with van der Waals surface area (Å²) in [5, 5.41) is 4.94. The van der Waals surface area contributed by atoms with E-state index in [1.54, 1.807) is 35.6 Å². The molecule has 1 unspecified atom stereocenters. The van der Waals surface area contributed by atoms with Crippen LogP contribution in [-0.4, -0.2) is 23.9 Å². The number of anilines is 2. The Labute approximate surface area is 137 Å². The number of carbonyl (C=O) groups excluding carboxylic acids is 1. The molecule has 1 aromatic heterocycles. The Morgan fingerprint density at radius 3 is 2.67 bits per heavy atom. The molecule has 112 valence electrons. The predicted octanol–water partition coefficient (Wildman–Crippen LogP) is 3.55. The fourth-order valence-electron chi connectivity index (χ4n) is 1.83. The van der Waals surface area contributed by atoms with Gasteiger partial charge in [0.15, 0.2) is 0 Å². The molecule has 1 amide bonds. The highest BCUT2D eigenvalue weighted by molar-refractivity contribution is 9.10. The van der Waals surface area contributed by atoms with E-state index in [0.717, 1.165) is 16.7 Å². The number of nitrogen functional groups attached to an aromatic ring is 1. The Bertz CT molecular complexity index is 612. The van der Waals surface area contributed by atoms with Crippen molar-refractivity contribution in [2.75, 3.05) is 18.1 Å². The van der Waals surface area contributed by atoms with Gasteiger partial charge in [0.25, 0.3) is 0 Å². The standard InChI is InChI=1S/C15H18BrN3OS/c1-10(19(2)8-14-7-11(16)9-21-14)15(20)18-13-5-3-12(17)4-6-13/h3-7,9-10H,8,17H2,1-2H3,(H,18,20). The summed E-state index contributed by atoms with van der Waals surface area (Å²) in [4.78, 5) is 15.5. The first-order chi connectivity index (χ1) is 9.95. The van der Waals surface area contributed by atoms with Crippen LogP contribution in [0.25, 0.3) is 0 Å². The molecular weight excluding hydrogens is 350 g/mol. The van der Waals surface area contributed by atoms with Crippen molar-refractivity contribution in [3.63, 3.8) is 0 Å². The summed E-state index contributed by atoms with van der Waals surface area (Å²) >= 11 is 5.12. The van der Waals surface area contributed by atoms with Crippen molar-refractivity contribution in [2.24, 2.45) is 0 Å². The molecule has 1 atom stereocenters. The number of nitrogens with zero attached hydrogens (tertiary/aromatic N) is 1. The first-order valence-electron chi connectivity index (χ1n) is 6.55. The number of hydrogen-bond acceptors (Lipinski definition) is 4. The molecule has 0 fully saturated rings. The average molecular weight is 368 g/mol. The van der Waals surface area contributed by atoms with Gasteiger partial charge in [-0.1, -0.05) is 0 Å². The van der Waals surface area contributed by atoms with Crippen LogP contribution < -0.4 is 11.1 Å². The second kappa shape index (κ2) is 7.06. The smallest absolute Gasteiger partial charge is 0.241 e. The van der Waals surface area contributed by atoms with E-state index >= 15 is 0 Å². The Kier molecular flexibility index (Phi) is 5.39. The van der Waals surface area contributed by atoms with E-state index in [-0.39, 0.29) is 11.9 Å². The quantitative estimate of drug-likeness (QED) is 0.794. The second-order valence-electron chi connectivity index (χ2n) is 4.93. The molecule has 2 rings (SSSR count). The van der Waals surface area contributed by atoms with E-state index in [4.69, 9.17) is 5.73 Å². The number of likely N-dealkylation sites (N-methyl/N-ethyl adjacent to an activating group) is 1. The highest BCUT2D eigenvalue weighted by Gasteiger charge is 2.18. The van der Waals surface area contributed by atoms with Crippen LogP contribution in [0.2, 0.25) is 0 Å². The fraction of sp³-hybridized carbons (Fsp3) is 0.267. The third-order valence-electron chi connectivity index (χ3n) is 3.25. The van der Waals surface area contributed by atoms with Crippen molar-refractivity contribution in [3.05, 3.63) is 45.1 Å². The largest absolute Gasteiger partial charge is 0.399 e. The van der Waals surface area contributed by atoms with Gasteiger partial charge >= 0.3 is 0 Å². The van der Waals surface area contributed by atoms with Gasteiger partial charge in [0.2, 0.25) is 5.91 Å². The lowest BCUT2D eigenvalue weighted by molar-refractivity contribution is -0.120. The Morgan fingerprint density at radius 1 is 1.43 bits per heavy atom. The third kappa shape index (κ3) is 4.56. The number of nitrogens with two attached hydrogens (primary N) is 1. The van der Waals surface area contributed by atoms with Crippen LogP contribution in [-0.2, 0) is 11.3 Å². The summed E-state index contributed by atoms with van der Waals surface area (Å²) in [6.45, 7) is 2.64. The minimum atomic E-state index is -0.219. The van der Waals surface area contributed by atoms with Crippen molar-refractivity contribution < 1.29 is 4.79 Å². The molecule has 0 saturated carbocycles. The van der Waals surface area contributed by atoms with E-state index in [1.165, 1.54) is 4.88 Å². The van der Waals surface area contributed by atoms with Gasteiger partial charge in [0.1, 0.15) is 0 Å². The average Bonchev–Trinajstić information content (AvgIpc) is 2.85. The van der Waals surface area contributed by atoms with E-state index in [1.807, 2.05) is 24.3 Å². The molecule has 0 aliphatic carbocycles. The SMILES string of the molecule is CC(C(=O)Nc1ccc(N)cc1)N(C)Cc1cc(Br)cs1. The summed E-state index contributed by atoms with van der Waals surface area (Å²) in [7, 11) is 1.95. The first kappa shape index (κ1) is 16.0. The topological polar surface area (TPSA) is 58.4 Å². The van der Waals surface area contributed by atoms with Crippen molar-refractivity contribution in [2.45, 2.75) is 19.5 Å². The molecule has 0 spiro atoms. The van der Waals surface area contributed by atoms with Gasteiger partial charge in [-0.05, 0) is 60.2 Å². The minimum Gasteiger partial charge on any atom is -0.399 e. The lowest BCUT2D eigenvalue weighted by Gasteiger charge is -2.23. The van der Waals surface area contributed by atoms with Gasteiger partial charge in [-0.15, -0.1) is 11.3 Å². The minimum absolute atomic E-state index is 0.0297. The van der Waals surface area contributed by atoms with Crippen molar-refractivity contribution in [3.8, 4) is 0 Å². The van der Waals surface area contributed by atoms with Gasteiger partial charge < -0.3 is 11.1 Å². The van der Waals surface area contributed by atoms with Crippen LogP contribution in [0.1, 0.15) is 11.8 Å². The summed E-state index contributed by atoms with van der Waals surface area (Å²) in [5.41, 5.74) is 7.07. The van der Waals surface area contributed by atoms with E-state index < -0.39 is 0 Å². The number of hydrogen-bond donors (Lipinski definition) is 2. The van der Waals surface area contributed by atoms with Crippen LogP contribution in [0.15, 0.2) is 40.2 Å². The zero-order valence-electron chi connectivity index (χ0n) is 12.0. The van der Waals surface area contributed by atoms with Gasteiger partial charge in [-0.3, -0.25) is 9.69 Å². The molecule has 3 N–H and O–H groups in total. The van der Waals surface area contributed by atoms with Gasteiger partial charge in [-0.25, -0.2) is 0 Å². The van der Waals surface area contributed by atoms with E-state index in [2.05, 4.69) is 27.3 Å². The zero-order valence-corrected chi connectivity index (χ0v) is 14.4. The molecule has 1 heterocycles. The molecular formula is C15H18BrN3OS. The van der Waals surface area contributed by atoms with Crippen LogP contribution >= 0.6 is 27.3 Å². The Balaban J connectivity index is 1.93. The number of rotatable bonds is 5. The predicted molar refractivity (Wildman–Crippen MR) is 92.4 cm³/mol. The number of carbonyl (C=O) groups is 1. The molecule has 4 nitrogen and oxygen atoms in total. The molecule has 1 aromatic carbocycles.